The zero-order valence-corrected chi connectivity index (χ0v) is 11.8. The monoisotopic (exact) mass is 274 g/mol. The van der Waals surface area contributed by atoms with E-state index in [9.17, 15) is 4.79 Å². The first-order chi connectivity index (χ1) is 9.44. The Balaban J connectivity index is 1.85. The Morgan fingerprint density at radius 2 is 2.25 bits per heavy atom. The van der Waals surface area contributed by atoms with E-state index < -0.39 is 11.7 Å². The van der Waals surface area contributed by atoms with E-state index >= 15 is 0 Å². The first-order valence-electron chi connectivity index (χ1n) is 6.41. The second-order valence-electron chi connectivity index (χ2n) is 5.36. The first kappa shape index (κ1) is 14.1. The topological polar surface area (TPSA) is 64.4 Å². The number of nitrogens with zero attached hydrogens (tertiary/aromatic N) is 1. The maximum absolute atomic E-state index is 11.4. The smallest absolute Gasteiger partial charge is 0.407 e. The van der Waals surface area contributed by atoms with Gasteiger partial charge in [-0.05, 0) is 38.5 Å². The maximum Gasteiger partial charge on any atom is 0.407 e. The molecule has 1 N–H and O–H groups in total. The molecule has 0 fully saturated rings. The molecule has 0 spiro atoms. The van der Waals surface area contributed by atoms with Gasteiger partial charge in [-0.2, -0.15) is 0 Å². The molecule has 2 rings (SSSR count). The third-order valence-corrected chi connectivity index (χ3v) is 2.43. The zero-order valence-electron chi connectivity index (χ0n) is 11.8. The van der Waals surface area contributed by atoms with E-state index in [1.807, 2.05) is 51.1 Å². The molecule has 0 aliphatic heterocycles. The van der Waals surface area contributed by atoms with Gasteiger partial charge in [-0.15, -0.1) is 0 Å². The number of rotatable bonds is 3. The number of nitrogens with one attached hydrogen (secondary N) is 1. The van der Waals surface area contributed by atoms with Crippen LogP contribution in [-0.4, -0.2) is 23.2 Å². The molecule has 1 amide bonds. The Labute approximate surface area is 117 Å². The molecule has 1 heterocycles. The molecule has 0 atom stereocenters. The normalized spacial score (nSPS) is 11.9. The Morgan fingerprint density at radius 1 is 1.45 bits per heavy atom. The van der Waals surface area contributed by atoms with Crippen molar-refractivity contribution < 1.29 is 13.9 Å². The number of carbonyl (C=O) groups excluding carboxylic acids is 1. The highest BCUT2D eigenvalue weighted by molar-refractivity contribution is 5.75. The van der Waals surface area contributed by atoms with Crippen molar-refractivity contribution >= 4 is 23.3 Å². The maximum atomic E-state index is 11.4. The van der Waals surface area contributed by atoms with Crippen LogP contribution < -0.4 is 5.32 Å². The number of fused-ring (bicyclic) bond motifs is 1. The summed E-state index contributed by atoms with van der Waals surface area (Å²) in [6.45, 7) is 5.90. The molecule has 0 saturated carbocycles. The van der Waals surface area contributed by atoms with Gasteiger partial charge < -0.3 is 14.5 Å². The van der Waals surface area contributed by atoms with E-state index in [2.05, 4.69) is 10.3 Å². The molecule has 0 unspecified atom stereocenters. The summed E-state index contributed by atoms with van der Waals surface area (Å²) >= 11 is 0. The van der Waals surface area contributed by atoms with Crippen LogP contribution in [0.1, 0.15) is 26.3 Å². The first-order valence-corrected chi connectivity index (χ1v) is 6.41. The average molecular weight is 274 g/mol. The van der Waals surface area contributed by atoms with Crippen molar-refractivity contribution in [3.63, 3.8) is 0 Å². The number of amides is 1. The predicted octanol–water partition coefficient (Wildman–Crippen LogP) is 3.37. The third kappa shape index (κ3) is 4.12. The average Bonchev–Trinajstić information content (AvgIpc) is 2.79. The molecule has 2 aromatic rings. The van der Waals surface area contributed by atoms with E-state index in [0.717, 1.165) is 16.7 Å². The van der Waals surface area contributed by atoms with Crippen molar-refractivity contribution in [3.05, 3.63) is 36.2 Å². The summed E-state index contributed by atoms with van der Waals surface area (Å²) in [4.78, 5) is 15.5. The number of alkyl carbamates (subject to hydrolysis) is 1. The molecule has 0 aliphatic carbocycles. The minimum absolute atomic E-state index is 0.408. The zero-order chi connectivity index (χ0) is 14.6. The Morgan fingerprint density at radius 3 is 3.00 bits per heavy atom. The minimum atomic E-state index is -0.480. The molecule has 1 aromatic carbocycles. The summed E-state index contributed by atoms with van der Waals surface area (Å²) in [5.41, 5.74) is 2.09. The van der Waals surface area contributed by atoms with Crippen LogP contribution in [0.5, 0.6) is 0 Å². The molecule has 5 heteroatoms. The van der Waals surface area contributed by atoms with Crippen molar-refractivity contribution in [2.24, 2.45) is 0 Å². The van der Waals surface area contributed by atoms with Gasteiger partial charge in [0.1, 0.15) is 11.1 Å². The van der Waals surface area contributed by atoms with Crippen molar-refractivity contribution in [2.45, 2.75) is 26.4 Å². The van der Waals surface area contributed by atoms with Crippen molar-refractivity contribution in [3.8, 4) is 0 Å². The number of benzene rings is 1. The van der Waals surface area contributed by atoms with E-state index in [-0.39, 0.29) is 0 Å². The lowest BCUT2D eigenvalue weighted by molar-refractivity contribution is 0.0534. The van der Waals surface area contributed by atoms with Gasteiger partial charge in [0.15, 0.2) is 12.0 Å². The lowest BCUT2D eigenvalue weighted by Gasteiger charge is -2.19. The Hall–Kier alpha value is -2.30. The van der Waals surface area contributed by atoms with Crippen LogP contribution >= 0.6 is 0 Å². The van der Waals surface area contributed by atoms with Crippen molar-refractivity contribution in [1.82, 2.24) is 10.3 Å². The van der Waals surface area contributed by atoms with E-state index in [4.69, 9.17) is 9.15 Å². The number of carbonyl (C=O) groups is 1. The standard InChI is InChI=1S/C15H18N2O3/c1-15(2,3)20-14(18)16-8-4-5-11-6-7-13-12(9-11)17-10-19-13/h4-7,9-10H,8H2,1-3H3,(H,16,18). The van der Waals surface area contributed by atoms with Gasteiger partial charge in [-0.25, -0.2) is 9.78 Å². The number of ether oxygens (including phenoxy) is 1. The highest BCUT2D eigenvalue weighted by Gasteiger charge is 2.14. The summed E-state index contributed by atoms with van der Waals surface area (Å²) in [5, 5.41) is 2.66. The van der Waals surface area contributed by atoms with E-state index in [0.29, 0.717) is 6.54 Å². The fourth-order valence-corrected chi connectivity index (χ4v) is 1.63. The largest absolute Gasteiger partial charge is 0.444 e. The fourth-order valence-electron chi connectivity index (χ4n) is 1.63. The summed E-state index contributed by atoms with van der Waals surface area (Å²) in [6.07, 6.45) is 4.76. The molecular weight excluding hydrogens is 256 g/mol. The van der Waals surface area contributed by atoms with Gasteiger partial charge in [0.2, 0.25) is 0 Å². The minimum Gasteiger partial charge on any atom is -0.444 e. The lowest BCUT2D eigenvalue weighted by atomic mass is 10.2. The molecule has 0 saturated heterocycles. The second-order valence-corrected chi connectivity index (χ2v) is 5.36. The van der Waals surface area contributed by atoms with Crippen LogP contribution in [0.3, 0.4) is 0 Å². The van der Waals surface area contributed by atoms with Gasteiger partial charge in [0.25, 0.3) is 0 Å². The van der Waals surface area contributed by atoms with Crippen molar-refractivity contribution in [2.75, 3.05) is 6.54 Å². The number of hydrogen-bond donors (Lipinski definition) is 1. The van der Waals surface area contributed by atoms with Gasteiger partial charge in [-0.1, -0.05) is 18.2 Å². The highest BCUT2D eigenvalue weighted by Crippen LogP contribution is 2.14. The molecule has 0 radical (unpaired) electrons. The predicted molar refractivity (Wildman–Crippen MR) is 77.3 cm³/mol. The number of hydrogen-bond acceptors (Lipinski definition) is 4. The summed E-state index contributed by atoms with van der Waals surface area (Å²) in [5.74, 6) is 0. The quantitative estimate of drug-likeness (QED) is 0.932. The second kappa shape index (κ2) is 5.77. The molecule has 5 nitrogen and oxygen atoms in total. The van der Waals surface area contributed by atoms with Crippen LogP contribution in [0.2, 0.25) is 0 Å². The van der Waals surface area contributed by atoms with Crippen LogP contribution in [0.4, 0.5) is 4.79 Å². The highest BCUT2D eigenvalue weighted by atomic mass is 16.6. The molecule has 0 aliphatic rings. The van der Waals surface area contributed by atoms with Crippen LogP contribution in [-0.2, 0) is 4.74 Å². The van der Waals surface area contributed by atoms with Crippen LogP contribution in [0, 0.1) is 0 Å². The summed E-state index contributed by atoms with van der Waals surface area (Å²) in [6, 6.07) is 5.71. The Kier molecular flexibility index (Phi) is 4.08. The van der Waals surface area contributed by atoms with Crippen LogP contribution in [0.15, 0.2) is 35.1 Å². The number of oxazole rings is 1. The van der Waals surface area contributed by atoms with Crippen LogP contribution in [0.25, 0.3) is 17.2 Å². The molecule has 20 heavy (non-hydrogen) atoms. The van der Waals surface area contributed by atoms with Gasteiger partial charge in [0, 0.05) is 6.54 Å². The SMILES string of the molecule is CC(C)(C)OC(=O)NCC=Cc1ccc2ocnc2c1. The molecule has 0 bridgehead atoms. The fraction of sp³-hybridized carbons (Fsp3) is 0.333. The van der Waals surface area contributed by atoms with Crippen molar-refractivity contribution in [1.29, 1.82) is 0 Å². The van der Waals surface area contributed by atoms with Gasteiger partial charge in [0.05, 0.1) is 0 Å². The summed E-state index contributed by atoms with van der Waals surface area (Å²) in [7, 11) is 0. The molecular formula is C15H18N2O3. The van der Waals surface area contributed by atoms with E-state index in [1.54, 1.807) is 0 Å². The molecule has 1 aromatic heterocycles. The summed E-state index contributed by atoms with van der Waals surface area (Å²) < 4.78 is 10.3. The molecule has 106 valence electrons. The van der Waals surface area contributed by atoms with E-state index in [1.165, 1.54) is 6.39 Å². The number of aromatic nitrogens is 1. The van der Waals surface area contributed by atoms with Gasteiger partial charge >= 0.3 is 6.09 Å². The lowest BCUT2D eigenvalue weighted by Crippen LogP contribution is -2.32. The third-order valence-electron chi connectivity index (χ3n) is 2.43. The van der Waals surface area contributed by atoms with Gasteiger partial charge in [-0.3, -0.25) is 0 Å². The Bertz CT molecular complexity index is 623.